The van der Waals surface area contributed by atoms with Crippen LogP contribution in [0.3, 0.4) is 0 Å². The first-order valence-corrected chi connectivity index (χ1v) is 6.14. The molecule has 1 aromatic carbocycles. The van der Waals surface area contributed by atoms with Gasteiger partial charge in [-0.1, -0.05) is 44.2 Å². The van der Waals surface area contributed by atoms with Gasteiger partial charge in [0.15, 0.2) is 6.10 Å². The van der Waals surface area contributed by atoms with Crippen LogP contribution in [0.1, 0.15) is 32.3 Å². The average molecular weight is 234 g/mol. The molecule has 3 heteroatoms. The summed E-state index contributed by atoms with van der Waals surface area (Å²) in [7, 11) is 0. The number of epoxide rings is 1. The van der Waals surface area contributed by atoms with Crippen LogP contribution in [-0.2, 0) is 19.9 Å². The molecule has 0 amide bonds. The molecule has 1 aliphatic heterocycles. The van der Waals surface area contributed by atoms with Gasteiger partial charge >= 0.3 is 5.97 Å². The first-order chi connectivity index (χ1) is 8.24. The van der Waals surface area contributed by atoms with Crippen molar-refractivity contribution in [3.63, 3.8) is 0 Å². The van der Waals surface area contributed by atoms with Crippen molar-refractivity contribution in [1.29, 1.82) is 0 Å². The molecule has 0 aromatic heterocycles. The van der Waals surface area contributed by atoms with Gasteiger partial charge in [-0.2, -0.15) is 0 Å². The summed E-state index contributed by atoms with van der Waals surface area (Å²) >= 11 is 0. The van der Waals surface area contributed by atoms with Gasteiger partial charge in [0.05, 0.1) is 6.61 Å². The Morgan fingerprint density at radius 1 is 1.35 bits per heavy atom. The molecule has 0 aliphatic carbocycles. The lowest BCUT2D eigenvalue weighted by Gasteiger charge is -2.10. The topological polar surface area (TPSA) is 38.8 Å². The summed E-state index contributed by atoms with van der Waals surface area (Å²) < 4.78 is 10.8. The van der Waals surface area contributed by atoms with E-state index in [1.807, 2.05) is 44.2 Å². The van der Waals surface area contributed by atoms with E-state index in [1.54, 1.807) is 0 Å². The van der Waals surface area contributed by atoms with Crippen LogP contribution in [0.25, 0.3) is 0 Å². The largest absolute Gasteiger partial charge is 0.464 e. The van der Waals surface area contributed by atoms with Gasteiger partial charge in [-0.05, 0) is 18.4 Å². The van der Waals surface area contributed by atoms with Crippen molar-refractivity contribution in [2.24, 2.45) is 0 Å². The highest BCUT2D eigenvalue weighted by molar-refractivity contribution is 5.80. The Hall–Kier alpha value is -1.35. The van der Waals surface area contributed by atoms with E-state index in [-0.39, 0.29) is 5.97 Å². The first-order valence-electron chi connectivity index (χ1n) is 6.14. The molecule has 0 radical (unpaired) electrons. The second-order valence-electron chi connectivity index (χ2n) is 4.27. The minimum Gasteiger partial charge on any atom is -0.464 e. The van der Waals surface area contributed by atoms with Gasteiger partial charge in [-0.3, -0.25) is 0 Å². The Labute approximate surface area is 102 Å². The monoisotopic (exact) mass is 234 g/mol. The number of carbonyl (C=O) groups excluding carboxylic acids is 1. The summed E-state index contributed by atoms with van der Waals surface area (Å²) in [4.78, 5) is 11.8. The van der Waals surface area contributed by atoms with Gasteiger partial charge < -0.3 is 9.47 Å². The smallest absolute Gasteiger partial charge is 0.338 e. The van der Waals surface area contributed by atoms with Gasteiger partial charge in [-0.15, -0.1) is 0 Å². The summed E-state index contributed by atoms with van der Waals surface area (Å²) in [5.41, 5.74) is 0.604. The average Bonchev–Trinajstić information content (AvgIpc) is 3.13. The van der Waals surface area contributed by atoms with Gasteiger partial charge in [-0.25, -0.2) is 4.79 Å². The summed E-state index contributed by atoms with van der Waals surface area (Å²) in [6.45, 7) is 4.47. The lowest BCUT2D eigenvalue weighted by molar-refractivity contribution is -0.145. The van der Waals surface area contributed by atoms with Crippen LogP contribution in [0.15, 0.2) is 30.3 Å². The number of esters is 1. The molecule has 0 spiro atoms. The van der Waals surface area contributed by atoms with Crippen LogP contribution in [0.4, 0.5) is 0 Å². The van der Waals surface area contributed by atoms with E-state index >= 15 is 0 Å². The van der Waals surface area contributed by atoms with Crippen molar-refractivity contribution < 1.29 is 14.3 Å². The van der Waals surface area contributed by atoms with Crippen LogP contribution in [0, 0.1) is 0 Å². The molecule has 2 rings (SSSR count). The molecule has 0 bridgehead atoms. The molecular weight excluding hydrogens is 216 g/mol. The SMILES string of the molecule is CCCOC(=O)C1OC1(CC)c1ccccc1. The Balaban J connectivity index is 2.08. The van der Waals surface area contributed by atoms with Crippen molar-refractivity contribution in [2.45, 2.75) is 38.4 Å². The third kappa shape index (κ3) is 2.20. The minimum atomic E-state index is -0.452. The Morgan fingerprint density at radius 2 is 2.06 bits per heavy atom. The minimum absolute atomic E-state index is 0.238. The molecule has 1 fully saturated rings. The van der Waals surface area contributed by atoms with E-state index < -0.39 is 11.7 Å². The summed E-state index contributed by atoms with van der Waals surface area (Å²) in [6, 6.07) is 9.87. The molecule has 92 valence electrons. The molecule has 3 nitrogen and oxygen atoms in total. The predicted molar refractivity (Wildman–Crippen MR) is 64.5 cm³/mol. The first kappa shape index (κ1) is 12.1. The molecule has 2 atom stereocenters. The molecule has 17 heavy (non-hydrogen) atoms. The van der Waals surface area contributed by atoms with E-state index in [0.29, 0.717) is 6.61 Å². The van der Waals surface area contributed by atoms with Crippen molar-refractivity contribution in [2.75, 3.05) is 6.61 Å². The third-order valence-electron chi connectivity index (χ3n) is 3.14. The lowest BCUT2D eigenvalue weighted by Crippen LogP contribution is -2.21. The Bertz CT molecular complexity index is 388. The third-order valence-corrected chi connectivity index (χ3v) is 3.14. The molecule has 1 saturated heterocycles. The maximum Gasteiger partial charge on any atom is 0.338 e. The number of hydrogen-bond acceptors (Lipinski definition) is 3. The fourth-order valence-corrected chi connectivity index (χ4v) is 2.11. The van der Waals surface area contributed by atoms with E-state index in [4.69, 9.17) is 9.47 Å². The van der Waals surface area contributed by atoms with E-state index in [2.05, 4.69) is 0 Å². The maximum absolute atomic E-state index is 11.8. The molecule has 0 saturated carbocycles. The highest BCUT2D eigenvalue weighted by atomic mass is 16.7. The molecule has 1 aromatic rings. The van der Waals surface area contributed by atoms with Gasteiger partial charge in [0, 0.05) is 0 Å². The molecule has 1 heterocycles. The van der Waals surface area contributed by atoms with E-state index in [0.717, 1.165) is 18.4 Å². The maximum atomic E-state index is 11.8. The van der Waals surface area contributed by atoms with Crippen LogP contribution in [0.2, 0.25) is 0 Å². The van der Waals surface area contributed by atoms with Crippen molar-refractivity contribution in [1.82, 2.24) is 0 Å². The summed E-state index contributed by atoms with van der Waals surface area (Å²) in [6.07, 6.45) is 1.19. The highest BCUT2D eigenvalue weighted by Gasteiger charge is 2.61. The lowest BCUT2D eigenvalue weighted by atomic mass is 9.93. The van der Waals surface area contributed by atoms with E-state index in [1.165, 1.54) is 0 Å². The number of ether oxygens (including phenoxy) is 2. The van der Waals surface area contributed by atoms with Crippen LogP contribution in [0.5, 0.6) is 0 Å². The van der Waals surface area contributed by atoms with Crippen LogP contribution < -0.4 is 0 Å². The number of hydrogen-bond donors (Lipinski definition) is 0. The molecule has 1 aliphatic rings. The summed E-state index contributed by atoms with van der Waals surface area (Å²) in [5.74, 6) is -0.238. The Kier molecular flexibility index (Phi) is 3.48. The Morgan fingerprint density at radius 3 is 2.65 bits per heavy atom. The second-order valence-corrected chi connectivity index (χ2v) is 4.27. The predicted octanol–water partition coefficient (Wildman–Crippen LogP) is 2.64. The van der Waals surface area contributed by atoms with Crippen LogP contribution >= 0.6 is 0 Å². The van der Waals surface area contributed by atoms with Crippen molar-refractivity contribution >= 4 is 5.97 Å². The number of carbonyl (C=O) groups is 1. The molecule has 0 N–H and O–H groups in total. The standard InChI is InChI=1S/C14H18O3/c1-3-10-16-13(15)12-14(4-2,17-12)11-8-6-5-7-9-11/h5-9,12H,3-4,10H2,1-2H3. The zero-order chi connectivity index (χ0) is 12.3. The van der Waals surface area contributed by atoms with Gasteiger partial charge in [0.1, 0.15) is 5.60 Å². The quantitative estimate of drug-likeness (QED) is 0.580. The fraction of sp³-hybridized carbons (Fsp3) is 0.500. The number of benzene rings is 1. The zero-order valence-corrected chi connectivity index (χ0v) is 10.3. The molecule has 2 unspecified atom stereocenters. The fourth-order valence-electron chi connectivity index (χ4n) is 2.11. The van der Waals surface area contributed by atoms with E-state index in [9.17, 15) is 4.79 Å². The number of rotatable bonds is 5. The highest BCUT2D eigenvalue weighted by Crippen LogP contribution is 2.49. The van der Waals surface area contributed by atoms with Crippen molar-refractivity contribution in [3.05, 3.63) is 35.9 Å². The van der Waals surface area contributed by atoms with Gasteiger partial charge in [0.2, 0.25) is 0 Å². The zero-order valence-electron chi connectivity index (χ0n) is 10.3. The van der Waals surface area contributed by atoms with Crippen LogP contribution in [-0.4, -0.2) is 18.7 Å². The molecular formula is C14H18O3. The summed E-state index contributed by atoms with van der Waals surface area (Å²) in [5, 5.41) is 0. The normalized spacial score (nSPS) is 26.6. The van der Waals surface area contributed by atoms with Gasteiger partial charge in [0.25, 0.3) is 0 Å². The van der Waals surface area contributed by atoms with Crippen molar-refractivity contribution in [3.8, 4) is 0 Å². The second kappa shape index (κ2) is 4.88.